The van der Waals surface area contributed by atoms with Crippen LogP contribution in [0.15, 0.2) is 48.7 Å². The van der Waals surface area contributed by atoms with Gasteiger partial charge >= 0.3 is 0 Å². The third-order valence-corrected chi connectivity index (χ3v) is 5.49. The first-order valence-corrected chi connectivity index (χ1v) is 12.1. The molecule has 0 aliphatic carbocycles. The van der Waals surface area contributed by atoms with E-state index in [4.69, 9.17) is 4.74 Å². The fraction of sp³-hybridized carbons (Fsp3) is 0.308. The molecule has 194 valence electrons. The summed E-state index contributed by atoms with van der Waals surface area (Å²) in [5.41, 5.74) is 2.17. The van der Waals surface area contributed by atoms with Gasteiger partial charge in [-0.1, -0.05) is 12.1 Å². The largest absolute Gasteiger partial charge is 0.494 e. The van der Waals surface area contributed by atoms with Gasteiger partial charge in [0.25, 0.3) is 0 Å². The third kappa shape index (κ3) is 7.14. The number of benzene rings is 2. The molecule has 4 rings (SSSR count). The Kier molecular flexibility index (Phi) is 8.47. The van der Waals surface area contributed by atoms with Crippen molar-refractivity contribution in [2.45, 2.75) is 19.8 Å². The topological polar surface area (TPSA) is 120 Å². The van der Waals surface area contributed by atoms with Crippen molar-refractivity contribution in [2.75, 3.05) is 49.7 Å². The Morgan fingerprint density at radius 2 is 1.95 bits per heavy atom. The van der Waals surface area contributed by atoms with Gasteiger partial charge in [0.05, 0.1) is 24.7 Å². The van der Waals surface area contributed by atoms with E-state index in [1.54, 1.807) is 18.2 Å². The highest BCUT2D eigenvalue weighted by Crippen LogP contribution is 2.27. The van der Waals surface area contributed by atoms with E-state index in [-0.39, 0.29) is 18.1 Å². The average Bonchev–Trinajstić information content (AvgIpc) is 3.26. The number of fused-ring (bicyclic) bond motifs is 1. The molecule has 10 nitrogen and oxygen atoms in total. The van der Waals surface area contributed by atoms with Gasteiger partial charge in [-0.05, 0) is 69.9 Å². The van der Waals surface area contributed by atoms with Crippen molar-refractivity contribution in [3.05, 3.63) is 60.0 Å². The second-order valence-electron chi connectivity index (χ2n) is 8.73. The Labute approximate surface area is 214 Å². The van der Waals surface area contributed by atoms with Crippen LogP contribution in [0.3, 0.4) is 0 Å². The van der Waals surface area contributed by atoms with Gasteiger partial charge in [-0.25, -0.2) is 9.37 Å². The zero-order valence-corrected chi connectivity index (χ0v) is 21.1. The van der Waals surface area contributed by atoms with Crippen LogP contribution in [0, 0.1) is 5.82 Å². The first kappa shape index (κ1) is 25.8. The number of aromatic amines is 1. The van der Waals surface area contributed by atoms with Crippen LogP contribution < -0.4 is 20.7 Å². The van der Waals surface area contributed by atoms with Gasteiger partial charge in [-0.15, -0.1) is 0 Å². The standard InChI is InChI=1S/C26H31FN8O2/c1-4-37-19-9-6-17(7-10-19)14-23(36)31-24-20-15-18(8-11-22(20)33-34-24)30-25-21(27)16-29-26(32-25)28-12-5-13-35(2)3/h6-11,15-16H,4-5,12-14H2,1-3H3,(H2,28,29,30,32)(H2,31,33,34,36). The number of carbonyl (C=O) groups excluding carboxylic acids is 1. The van der Waals surface area contributed by atoms with Gasteiger partial charge in [0.1, 0.15) is 5.75 Å². The number of amides is 1. The maximum absolute atomic E-state index is 14.4. The molecule has 0 radical (unpaired) electrons. The molecule has 1 amide bonds. The summed E-state index contributed by atoms with van der Waals surface area (Å²) in [5, 5.41) is 16.8. The Hall–Kier alpha value is -4.25. The van der Waals surface area contributed by atoms with Gasteiger partial charge < -0.3 is 25.6 Å². The van der Waals surface area contributed by atoms with Gasteiger partial charge in [0.15, 0.2) is 17.5 Å². The summed E-state index contributed by atoms with van der Waals surface area (Å²) >= 11 is 0. The molecule has 0 fully saturated rings. The molecule has 0 aliphatic heterocycles. The molecule has 0 bridgehead atoms. The number of rotatable bonds is 12. The zero-order chi connectivity index (χ0) is 26.2. The monoisotopic (exact) mass is 506 g/mol. The lowest BCUT2D eigenvalue weighted by molar-refractivity contribution is -0.115. The van der Waals surface area contributed by atoms with Crippen LogP contribution in [0.2, 0.25) is 0 Å². The number of ether oxygens (including phenoxy) is 1. The smallest absolute Gasteiger partial charge is 0.230 e. The number of carbonyl (C=O) groups is 1. The van der Waals surface area contributed by atoms with Crippen molar-refractivity contribution in [3.63, 3.8) is 0 Å². The van der Waals surface area contributed by atoms with E-state index in [0.29, 0.717) is 36.0 Å². The molecule has 11 heteroatoms. The van der Waals surface area contributed by atoms with Crippen molar-refractivity contribution in [1.82, 2.24) is 25.1 Å². The lowest BCUT2D eigenvalue weighted by Gasteiger charge is -2.11. The average molecular weight is 507 g/mol. The van der Waals surface area contributed by atoms with E-state index in [1.165, 1.54) is 0 Å². The lowest BCUT2D eigenvalue weighted by Crippen LogP contribution is -2.17. The van der Waals surface area contributed by atoms with Gasteiger partial charge in [0.2, 0.25) is 11.9 Å². The van der Waals surface area contributed by atoms with Crippen LogP contribution in [0.4, 0.5) is 27.7 Å². The summed E-state index contributed by atoms with van der Waals surface area (Å²) in [6.07, 6.45) is 2.22. The highest BCUT2D eigenvalue weighted by molar-refractivity contribution is 6.01. The minimum Gasteiger partial charge on any atom is -0.494 e. The third-order valence-electron chi connectivity index (χ3n) is 5.49. The number of nitrogens with one attached hydrogen (secondary N) is 4. The van der Waals surface area contributed by atoms with E-state index in [1.807, 2.05) is 45.3 Å². The number of nitrogens with zero attached hydrogens (tertiary/aromatic N) is 4. The molecule has 4 N–H and O–H groups in total. The van der Waals surface area contributed by atoms with Gasteiger partial charge in [-0.3, -0.25) is 9.89 Å². The summed E-state index contributed by atoms with van der Waals surface area (Å²) in [6, 6.07) is 12.7. The number of hydrogen-bond acceptors (Lipinski definition) is 8. The van der Waals surface area contributed by atoms with E-state index in [2.05, 4.69) is 41.0 Å². The van der Waals surface area contributed by atoms with Crippen molar-refractivity contribution in [1.29, 1.82) is 0 Å². The minimum atomic E-state index is -0.574. The fourth-order valence-electron chi connectivity index (χ4n) is 3.69. The lowest BCUT2D eigenvalue weighted by atomic mass is 10.1. The second-order valence-corrected chi connectivity index (χ2v) is 8.73. The molecule has 0 atom stereocenters. The number of aromatic nitrogens is 4. The Bertz CT molecular complexity index is 1340. The molecular weight excluding hydrogens is 475 g/mol. The molecule has 0 aliphatic rings. The maximum Gasteiger partial charge on any atom is 0.230 e. The first-order chi connectivity index (χ1) is 17.9. The Balaban J connectivity index is 1.42. The Morgan fingerprint density at radius 3 is 2.70 bits per heavy atom. The molecule has 2 aromatic carbocycles. The minimum absolute atomic E-state index is 0.0500. The predicted octanol–water partition coefficient (Wildman–Crippen LogP) is 4.18. The summed E-state index contributed by atoms with van der Waals surface area (Å²) in [4.78, 5) is 23.0. The predicted molar refractivity (Wildman–Crippen MR) is 143 cm³/mol. The molecule has 0 spiro atoms. The van der Waals surface area contributed by atoms with Crippen molar-refractivity contribution in [3.8, 4) is 5.75 Å². The number of anilines is 4. The molecule has 2 heterocycles. The summed E-state index contributed by atoms with van der Waals surface area (Å²) in [6.45, 7) is 4.10. The molecule has 0 saturated carbocycles. The molecule has 2 aromatic heterocycles. The highest BCUT2D eigenvalue weighted by atomic mass is 19.1. The molecular formula is C26H31FN8O2. The maximum atomic E-state index is 14.4. The van der Waals surface area contributed by atoms with Crippen LogP contribution in [-0.2, 0) is 11.2 Å². The van der Waals surface area contributed by atoms with Crippen LogP contribution in [-0.4, -0.2) is 64.8 Å². The van der Waals surface area contributed by atoms with Crippen molar-refractivity contribution < 1.29 is 13.9 Å². The van der Waals surface area contributed by atoms with E-state index >= 15 is 0 Å². The quantitative estimate of drug-likeness (QED) is 0.211. The zero-order valence-electron chi connectivity index (χ0n) is 21.1. The molecule has 0 saturated heterocycles. The molecule has 37 heavy (non-hydrogen) atoms. The SMILES string of the molecule is CCOc1ccc(CC(=O)Nc2n[nH]c3ccc(Nc4nc(NCCCN(C)C)ncc4F)cc23)cc1. The van der Waals surface area contributed by atoms with Gasteiger partial charge in [-0.2, -0.15) is 10.1 Å². The number of H-pyrrole nitrogens is 1. The molecule has 0 unspecified atom stereocenters. The van der Waals surface area contributed by atoms with E-state index in [9.17, 15) is 9.18 Å². The fourth-order valence-corrected chi connectivity index (χ4v) is 3.69. The molecule has 4 aromatic rings. The second kappa shape index (κ2) is 12.1. The number of hydrogen-bond donors (Lipinski definition) is 4. The summed E-state index contributed by atoms with van der Waals surface area (Å²) < 4.78 is 19.9. The highest BCUT2D eigenvalue weighted by Gasteiger charge is 2.13. The first-order valence-electron chi connectivity index (χ1n) is 12.1. The van der Waals surface area contributed by atoms with Crippen LogP contribution in [0.5, 0.6) is 5.75 Å². The van der Waals surface area contributed by atoms with E-state index in [0.717, 1.165) is 36.0 Å². The van der Waals surface area contributed by atoms with E-state index < -0.39 is 5.82 Å². The number of halogens is 1. The van der Waals surface area contributed by atoms with Crippen LogP contribution in [0.1, 0.15) is 18.9 Å². The summed E-state index contributed by atoms with van der Waals surface area (Å²) in [7, 11) is 4.01. The van der Waals surface area contributed by atoms with Crippen molar-refractivity contribution >= 4 is 40.1 Å². The van der Waals surface area contributed by atoms with Crippen molar-refractivity contribution in [2.24, 2.45) is 0 Å². The van der Waals surface area contributed by atoms with Gasteiger partial charge in [0, 0.05) is 17.6 Å². The van der Waals surface area contributed by atoms with Crippen LogP contribution in [0.25, 0.3) is 10.9 Å². The Morgan fingerprint density at radius 1 is 1.14 bits per heavy atom. The van der Waals surface area contributed by atoms with Crippen LogP contribution >= 0.6 is 0 Å². The summed E-state index contributed by atoms with van der Waals surface area (Å²) in [5.74, 6) is 0.763. The normalized spacial score (nSPS) is 11.1.